The van der Waals surface area contributed by atoms with Gasteiger partial charge in [0, 0.05) is 30.2 Å². The molecule has 0 radical (unpaired) electrons. The molecule has 0 saturated carbocycles. The van der Waals surface area contributed by atoms with Crippen LogP contribution in [-0.4, -0.2) is 31.2 Å². The Bertz CT molecular complexity index is 467. The highest BCUT2D eigenvalue weighted by Gasteiger charge is 2.27. The molecule has 19 heavy (non-hydrogen) atoms. The predicted molar refractivity (Wildman–Crippen MR) is 68.5 cm³/mol. The number of nitro benzene ring substituents is 1. The first-order valence-corrected chi connectivity index (χ1v) is 6.29. The zero-order chi connectivity index (χ0) is 13.8. The van der Waals surface area contributed by atoms with E-state index in [9.17, 15) is 14.5 Å². The van der Waals surface area contributed by atoms with E-state index < -0.39 is 10.7 Å². The van der Waals surface area contributed by atoms with Crippen molar-refractivity contribution in [2.24, 2.45) is 5.92 Å². The molecule has 1 aromatic carbocycles. The van der Waals surface area contributed by atoms with Crippen LogP contribution >= 0.6 is 0 Å². The second-order valence-corrected chi connectivity index (χ2v) is 4.75. The van der Waals surface area contributed by atoms with Crippen molar-refractivity contribution in [2.45, 2.75) is 18.9 Å². The summed E-state index contributed by atoms with van der Waals surface area (Å²) >= 11 is 0. The van der Waals surface area contributed by atoms with Crippen molar-refractivity contribution in [3.8, 4) is 0 Å². The van der Waals surface area contributed by atoms with Gasteiger partial charge in [0.05, 0.1) is 11.5 Å². The van der Waals surface area contributed by atoms with E-state index in [1.165, 1.54) is 12.1 Å². The number of nitrogens with one attached hydrogen (secondary N) is 1. The van der Waals surface area contributed by atoms with Gasteiger partial charge in [-0.2, -0.15) is 0 Å². The second kappa shape index (κ2) is 6.08. The third-order valence-corrected chi connectivity index (χ3v) is 3.57. The van der Waals surface area contributed by atoms with Crippen LogP contribution in [0.3, 0.4) is 0 Å². The van der Waals surface area contributed by atoms with Gasteiger partial charge in [-0.3, -0.25) is 10.1 Å². The summed E-state index contributed by atoms with van der Waals surface area (Å²) in [5, 5.41) is 14.2. The molecule has 0 amide bonds. The molecule has 1 aliphatic rings. The Labute approximate surface area is 110 Å². The molecule has 1 aliphatic heterocycles. The van der Waals surface area contributed by atoms with Gasteiger partial charge in [-0.15, -0.1) is 0 Å². The molecule has 1 aromatic rings. The van der Waals surface area contributed by atoms with E-state index in [0.29, 0.717) is 25.2 Å². The number of nitrogens with zero attached hydrogens (tertiary/aromatic N) is 1. The molecule has 0 aliphatic carbocycles. The maximum Gasteiger partial charge on any atom is 0.272 e. The number of rotatable bonds is 4. The fourth-order valence-corrected chi connectivity index (χ4v) is 2.56. The van der Waals surface area contributed by atoms with Gasteiger partial charge in [0.25, 0.3) is 5.69 Å². The van der Waals surface area contributed by atoms with E-state index in [1.807, 2.05) is 7.05 Å². The van der Waals surface area contributed by atoms with Crippen LogP contribution < -0.4 is 5.32 Å². The molecule has 1 fully saturated rings. The first-order valence-electron chi connectivity index (χ1n) is 6.29. The van der Waals surface area contributed by atoms with Crippen LogP contribution in [0.15, 0.2) is 18.2 Å². The summed E-state index contributed by atoms with van der Waals surface area (Å²) in [5.41, 5.74) is 0.405. The first kappa shape index (κ1) is 13.9. The van der Waals surface area contributed by atoms with E-state index in [1.54, 1.807) is 0 Å². The largest absolute Gasteiger partial charge is 0.381 e. The highest BCUT2D eigenvalue weighted by atomic mass is 19.1. The van der Waals surface area contributed by atoms with Crippen LogP contribution in [0.2, 0.25) is 0 Å². The summed E-state index contributed by atoms with van der Waals surface area (Å²) in [5.74, 6) is -0.322. The van der Waals surface area contributed by atoms with Crippen molar-refractivity contribution >= 4 is 5.69 Å². The van der Waals surface area contributed by atoms with Gasteiger partial charge in [0.15, 0.2) is 0 Å². The molecule has 2 unspecified atom stereocenters. The zero-order valence-electron chi connectivity index (χ0n) is 10.8. The van der Waals surface area contributed by atoms with Gasteiger partial charge in [0.1, 0.15) is 5.82 Å². The number of benzene rings is 1. The number of ether oxygens (including phenoxy) is 1. The average molecular weight is 268 g/mol. The van der Waals surface area contributed by atoms with Crippen LogP contribution in [0, 0.1) is 21.8 Å². The maximum absolute atomic E-state index is 13.3. The lowest BCUT2D eigenvalue weighted by molar-refractivity contribution is -0.385. The molecule has 0 spiro atoms. The topological polar surface area (TPSA) is 64.4 Å². The summed E-state index contributed by atoms with van der Waals surface area (Å²) in [4.78, 5) is 10.5. The fourth-order valence-electron chi connectivity index (χ4n) is 2.56. The van der Waals surface area contributed by atoms with Gasteiger partial charge in [-0.05, 0) is 32.0 Å². The van der Waals surface area contributed by atoms with E-state index in [0.717, 1.165) is 12.5 Å². The van der Waals surface area contributed by atoms with E-state index in [2.05, 4.69) is 5.32 Å². The van der Waals surface area contributed by atoms with E-state index in [-0.39, 0.29) is 17.6 Å². The lowest BCUT2D eigenvalue weighted by atomic mass is 9.89. The van der Waals surface area contributed by atoms with Gasteiger partial charge >= 0.3 is 0 Å². The zero-order valence-corrected chi connectivity index (χ0v) is 10.8. The minimum Gasteiger partial charge on any atom is -0.381 e. The van der Waals surface area contributed by atoms with Crippen molar-refractivity contribution in [1.82, 2.24) is 5.32 Å². The molecule has 2 rings (SSSR count). The highest BCUT2D eigenvalue weighted by molar-refractivity contribution is 5.40. The molecule has 1 saturated heterocycles. The summed E-state index contributed by atoms with van der Waals surface area (Å²) in [6.45, 7) is 1.23. The standard InChI is InChI=1S/C13H17FN2O3/c1-15-12-4-5-19-8-10(12)6-9-7-11(14)2-3-13(9)16(17)18/h2-3,7,10,12,15H,4-6,8H2,1H3. The van der Waals surface area contributed by atoms with Gasteiger partial charge in [0.2, 0.25) is 0 Å². The Morgan fingerprint density at radius 2 is 2.37 bits per heavy atom. The summed E-state index contributed by atoms with van der Waals surface area (Å²) in [6.07, 6.45) is 1.31. The third kappa shape index (κ3) is 3.27. The lowest BCUT2D eigenvalue weighted by Gasteiger charge is -2.31. The molecular weight excluding hydrogens is 251 g/mol. The van der Waals surface area contributed by atoms with E-state index in [4.69, 9.17) is 4.74 Å². The summed E-state index contributed by atoms with van der Waals surface area (Å²) in [6, 6.07) is 3.84. The highest BCUT2D eigenvalue weighted by Crippen LogP contribution is 2.26. The number of hydrogen-bond acceptors (Lipinski definition) is 4. The quantitative estimate of drug-likeness (QED) is 0.669. The van der Waals surface area contributed by atoms with Crippen molar-refractivity contribution in [3.63, 3.8) is 0 Å². The van der Waals surface area contributed by atoms with Crippen LogP contribution in [0.25, 0.3) is 0 Å². The smallest absolute Gasteiger partial charge is 0.272 e. The van der Waals surface area contributed by atoms with Crippen LogP contribution in [0.5, 0.6) is 0 Å². The monoisotopic (exact) mass is 268 g/mol. The normalized spacial score (nSPS) is 23.3. The van der Waals surface area contributed by atoms with Crippen molar-refractivity contribution in [1.29, 1.82) is 0 Å². The van der Waals surface area contributed by atoms with Crippen LogP contribution in [0.1, 0.15) is 12.0 Å². The van der Waals surface area contributed by atoms with Crippen molar-refractivity contribution < 1.29 is 14.1 Å². The molecule has 5 nitrogen and oxygen atoms in total. The molecule has 1 heterocycles. The van der Waals surface area contributed by atoms with Gasteiger partial charge < -0.3 is 10.1 Å². The van der Waals surface area contributed by atoms with E-state index >= 15 is 0 Å². The fraction of sp³-hybridized carbons (Fsp3) is 0.538. The maximum atomic E-state index is 13.3. The average Bonchev–Trinajstić information content (AvgIpc) is 2.39. The summed E-state index contributed by atoms with van der Waals surface area (Å²) < 4.78 is 18.7. The number of hydrogen-bond donors (Lipinski definition) is 1. The lowest BCUT2D eigenvalue weighted by Crippen LogP contribution is -2.42. The minimum atomic E-state index is -0.465. The molecule has 6 heteroatoms. The van der Waals surface area contributed by atoms with Crippen molar-refractivity contribution in [2.75, 3.05) is 20.3 Å². The predicted octanol–water partition coefficient (Wildman–Crippen LogP) is 1.90. The minimum absolute atomic E-state index is 0.0261. The van der Waals surface area contributed by atoms with Crippen LogP contribution in [-0.2, 0) is 11.2 Å². The Kier molecular flexibility index (Phi) is 4.44. The van der Waals surface area contributed by atoms with Crippen molar-refractivity contribution in [3.05, 3.63) is 39.7 Å². The number of halogens is 1. The second-order valence-electron chi connectivity index (χ2n) is 4.75. The summed E-state index contributed by atoms with van der Waals surface area (Å²) in [7, 11) is 1.86. The molecule has 2 atom stereocenters. The molecular formula is C13H17FN2O3. The molecule has 1 N–H and O–H groups in total. The first-order chi connectivity index (χ1) is 9.11. The SMILES string of the molecule is CNC1CCOCC1Cc1cc(F)ccc1[N+](=O)[O-]. The molecule has 104 valence electrons. The van der Waals surface area contributed by atoms with Gasteiger partial charge in [-0.25, -0.2) is 4.39 Å². The Morgan fingerprint density at radius 3 is 3.05 bits per heavy atom. The molecule has 0 bridgehead atoms. The Hall–Kier alpha value is -1.53. The number of nitro groups is 1. The molecule has 0 aromatic heterocycles. The Morgan fingerprint density at radius 1 is 1.58 bits per heavy atom. The van der Waals surface area contributed by atoms with Gasteiger partial charge in [-0.1, -0.05) is 0 Å². The van der Waals surface area contributed by atoms with Crippen LogP contribution in [0.4, 0.5) is 10.1 Å². The Balaban J connectivity index is 2.21. The third-order valence-electron chi connectivity index (χ3n) is 3.57.